The zero-order valence-corrected chi connectivity index (χ0v) is 16.7. The van der Waals surface area contributed by atoms with Crippen LogP contribution in [0.5, 0.6) is 0 Å². The average Bonchev–Trinajstić information content (AvgIpc) is 2.98. The molecule has 4 aliphatic carbocycles. The van der Waals surface area contributed by atoms with Crippen molar-refractivity contribution in [1.82, 2.24) is 0 Å². The molecule has 2 saturated carbocycles. The second kappa shape index (κ2) is 6.23. The van der Waals surface area contributed by atoms with E-state index in [-0.39, 0.29) is 35.4 Å². The average molecular weight is 386 g/mol. The summed E-state index contributed by atoms with van der Waals surface area (Å²) in [5.74, 6) is -0.819. The molecule has 4 aliphatic rings. The molecule has 0 radical (unpaired) electrons. The lowest BCUT2D eigenvalue weighted by molar-refractivity contribution is -0.145. The number of alkyl halides is 1. The Kier molecular flexibility index (Phi) is 4.29. The van der Waals surface area contributed by atoms with Crippen LogP contribution in [-0.4, -0.2) is 29.8 Å². The number of halogens is 1. The minimum Gasteiger partial charge on any atom is -0.457 e. The highest BCUT2D eigenvalue weighted by Gasteiger charge is 2.65. The molecule has 150 valence electrons. The van der Waals surface area contributed by atoms with E-state index < -0.39 is 17.1 Å². The van der Waals surface area contributed by atoms with Crippen LogP contribution < -0.4 is 0 Å². The number of carbonyl (C=O) groups excluding carboxylic acids is 3. The van der Waals surface area contributed by atoms with Crippen molar-refractivity contribution in [2.24, 2.45) is 22.7 Å². The van der Waals surface area contributed by atoms with Gasteiger partial charge in [0.2, 0.25) is 0 Å². The number of fused-ring (bicyclic) bond motifs is 5. The Balaban J connectivity index is 1.63. The Hall–Kier alpha value is -2.04. The smallest absolute Gasteiger partial charge is 0.303 e. The molecule has 0 unspecified atom stereocenters. The fourth-order valence-electron chi connectivity index (χ4n) is 6.34. The van der Waals surface area contributed by atoms with E-state index in [4.69, 9.17) is 4.74 Å². The minimum atomic E-state index is -1.42. The van der Waals surface area contributed by atoms with Gasteiger partial charge in [0.25, 0.3) is 0 Å². The quantitative estimate of drug-likeness (QED) is 0.687. The Bertz CT molecular complexity index is 853. The molecule has 0 bridgehead atoms. The van der Waals surface area contributed by atoms with Crippen LogP contribution in [0.15, 0.2) is 35.5 Å². The molecule has 4 rings (SSSR count). The summed E-state index contributed by atoms with van der Waals surface area (Å²) in [6, 6.07) is 0. The van der Waals surface area contributed by atoms with Crippen LogP contribution in [0.25, 0.3) is 0 Å². The van der Waals surface area contributed by atoms with Gasteiger partial charge in [-0.15, -0.1) is 0 Å². The predicted octanol–water partition coefficient (Wildman–Crippen LogP) is 4.05. The first-order valence-corrected chi connectivity index (χ1v) is 10.1. The minimum absolute atomic E-state index is 0.0481. The van der Waals surface area contributed by atoms with E-state index in [2.05, 4.69) is 6.92 Å². The molecule has 0 N–H and O–H groups in total. The highest BCUT2D eigenvalue weighted by molar-refractivity contribution is 6.01. The van der Waals surface area contributed by atoms with Crippen molar-refractivity contribution in [3.8, 4) is 0 Å². The van der Waals surface area contributed by atoms with E-state index in [0.717, 1.165) is 5.57 Å². The molecular formula is C23H27FO4. The van der Waals surface area contributed by atoms with Crippen LogP contribution in [0.3, 0.4) is 0 Å². The number of ketones is 2. The second-order valence-corrected chi connectivity index (χ2v) is 9.20. The van der Waals surface area contributed by atoms with Gasteiger partial charge in [-0.25, -0.2) is 4.39 Å². The van der Waals surface area contributed by atoms with Gasteiger partial charge in [0.1, 0.15) is 5.67 Å². The topological polar surface area (TPSA) is 60.4 Å². The third kappa shape index (κ3) is 2.51. The molecule has 0 heterocycles. The zero-order chi connectivity index (χ0) is 20.3. The Labute approximate surface area is 164 Å². The van der Waals surface area contributed by atoms with Crippen molar-refractivity contribution in [3.05, 3.63) is 35.5 Å². The summed E-state index contributed by atoms with van der Waals surface area (Å²) in [5, 5.41) is 0. The standard InChI is InChI=1S/C23H27FO4/c1-14(25)28-13-20(27)19-7-6-17-18-5-4-15-12-16(26)8-9-22(15,3)23(18,24)11-10-21(17,19)2/h7-9,12,17-18H,4-6,10-11,13H2,1-3H3/t17-,18-,21-,22-,23+/m0/s1. The largest absolute Gasteiger partial charge is 0.457 e. The SMILES string of the molecule is CC(=O)OCC(=O)C1=CC[C@H]2[C@@H]3CCC4=CC(=O)C=C[C@]4(C)[C@@]3(F)CC[C@]12C. The lowest BCUT2D eigenvalue weighted by Crippen LogP contribution is -2.59. The van der Waals surface area contributed by atoms with Gasteiger partial charge in [0.15, 0.2) is 18.2 Å². The van der Waals surface area contributed by atoms with E-state index in [1.165, 1.54) is 13.0 Å². The van der Waals surface area contributed by atoms with Gasteiger partial charge in [0, 0.05) is 17.9 Å². The predicted molar refractivity (Wildman–Crippen MR) is 102 cm³/mol. The number of carbonyl (C=O) groups is 3. The highest BCUT2D eigenvalue weighted by atomic mass is 19.1. The van der Waals surface area contributed by atoms with Crippen molar-refractivity contribution < 1.29 is 23.5 Å². The van der Waals surface area contributed by atoms with Gasteiger partial charge in [-0.2, -0.15) is 0 Å². The molecule has 0 spiro atoms. The monoisotopic (exact) mass is 386 g/mol. The van der Waals surface area contributed by atoms with Crippen LogP contribution in [0, 0.1) is 22.7 Å². The van der Waals surface area contributed by atoms with Crippen molar-refractivity contribution in [2.75, 3.05) is 6.61 Å². The van der Waals surface area contributed by atoms with Crippen LogP contribution in [-0.2, 0) is 19.1 Å². The lowest BCUT2D eigenvalue weighted by Gasteiger charge is -2.60. The van der Waals surface area contributed by atoms with E-state index in [1.807, 2.05) is 13.0 Å². The van der Waals surface area contributed by atoms with Gasteiger partial charge >= 0.3 is 5.97 Å². The molecular weight excluding hydrogens is 359 g/mol. The number of hydrogen-bond donors (Lipinski definition) is 0. The van der Waals surface area contributed by atoms with E-state index in [9.17, 15) is 14.4 Å². The number of esters is 1. The molecule has 0 amide bonds. The lowest BCUT2D eigenvalue weighted by atomic mass is 9.46. The van der Waals surface area contributed by atoms with Crippen molar-refractivity contribution in [3.63, 3.8) is 0 Å². The second-order valence-electron chi connectivity index (χ2n) is 9.20. The number of allylic oxidation sites excluding steroid dienone is 5. The number of Topliss-reactive ketones (excluding diaryl/α,β-unsaturated/α-hetero) is 1. The number of rotatable bonds is 3. The maximum Gasteiger partial charge on any atom is 0.303 e. The highest BCUT2D eigenvalue weighted by Crippen LogP contribution is 2.67. The van der Waals surface area contributed by atoms with Crippen LogP contribution in [0.1, 0.15) is 52.9 Å². The summed E-state index contributed by atoms with van der Waals surface area (Å²) in [7, 11) is 0. The summed E-state index contributed by atoms with van der Waals surface area (Å²) >= 11 is 0. The molecule has 2 fully saturated rings. The van der Waals surface area contributed by atoms with Crippen LogP contribution in [0.4, 0.5) is 4.39 Å². The first-order chi connectivity index (χ1) is 13.1. The summed E-state index contributed by atoms with van der Waals surface area (Å²) < 4.78 is 21.6. The molecule has 5 atom stereocenters. The van der Waals surface area contributed by atoms with Gasteiger partial charge < -0.3 is 4.74 Å². The van der Waals surface area contributed by atoms with Gasteiger partial charge in [-0.3, -0.25) is 14.4 Å². The summed E-state index contributed by atoms with van der Waals surface area (Å²) in [5.41, 5.74) is -0.958. The molecule has 5 heteroatoms. The molecule has 4 nitrogen and oxygen atoms in total. The summed E-state index contributed by atoms with van der Waals surface area (Å²) in [6.07, 6.45) is 9.85. The number of ether oxygens (including phenoxy) is 1. The third-order valence-corrected chi connectivity index (χ3v) is 7.95. The van der Waals surface area contributed by atoms with Crippen molar-refractivity contribution in [2.45, 2.75) is 58.5 Å². The van der Waals surface area contributed by atoms with Crippen molar-refractivity contribution >= 4 is 17.5 Å². The van der Waals surface area contributed by atoms with E-state index in [1.54, 1.807) is 12.2 Å². The normalized spacial score (nSPS) is 41.4. The fourth-order valence-corrected chi connectivity index (χ4v) is 6.34. The molecule has 28 heavy (non-hydrogen) atoms. The molecule has 0 aromatic carbocycles. The van der Waals surface area contributed by atoms with Gasteiger partial charge in [-0.05, 0) is 68.4 Å². The molecule has 0 aromatic rings. The zero-order valence-electron chi connectivity index (χ0n) is 16.7. The van der Waals surface area contributed by atoms with Crippen LogP contribution in [0.2, 0.25) is 0 Å². The molecule has 0 aromatic heterocycles. The maximum atomic E-state index is 16.7. The Morgan fingerprint density at radius 3 is 2.71 bits per heavy atom. The fraction of sp³-hybridized carbons (Fsp3) is 0.609. The molecule has 0 saturated heterocycles. The molecule has 0 aliphatic heterocycles. The van der Waals surface area contributed by atoms with Crippen molar-refractivity contribution in [1.29, 1.82) is 0 Å². The summed E-state index contributed by atoms with van der Waals surface area (Å²) in [4.78, 5) is 35.6. The first-order valence-electron chi connectivity index (χ1n) is 10.1. The van der Waals surface area contributed by atoms with E-state index in [0.29, 0.717) is 37.7 Å². The van der Waals surface area contributed by atoms with Gasteiger partial charge in [0.05, 0.1) is 0 Å². The summed E-state index contributed by atoms with van der Waals surface area (Å²) in [6.45, 7) is 5.03. The Morgan fingerprint density at radius 1 is 1.25 bits per heavy atom. The number of hydrogen-bond acceptors (Lipinski definition) is 4. The Morgan fingerprint density at radius 2 is 2.00 bits per heavy atom. The third-order valence-electron chi connectivity index (χ3n) is 7.95. The maximum absolute atomic E-state index is 16.7. The van der Waals surface area contributed by atoms with Gasteiger partial charge in [-0.1, -0.05) is 24.6 Å². The van der Waals surface area contributed by atoms with Crippen LogP contribution >= 0.6 is 0 Å². The first kappa shape index (κ1) is 19.3. The van der Waals surface area contributed by atoms with E-state index >= 15 is 4.39 Å².